The van der Waals surface area contributed by atoms with Gasteiger partial charge in [-0.05, 0) is 12.1 Å². The van der Waals surface area contributed by atoms with Gasteiger partial charge in [0.25, 0.3) is 0 Å². The fourth-order valence-electron chi connectivity index (χ4n) is 0.123. The van der Waals surface area contributed by atoms with Crippen LogP contribution in [0.25, 0.3) is 0 Å². The quantitative estimate of drug-likeness (QED) is 0.310. The molecule has 0 unspecified atom stereocenters. The minimum atomic E-state index is -0.237. The number of thiol groups is 1. The lowest BCUT2D eigenvalue weighted by molar-refractivity contribution is -0.107. The molecule has 0 N–H and O–H groups in total. The maximum atomic E-state index is 10.1. The summed E-state index contributed by atoms with van der Waals surface area (Å²) in [5.74, 6) is 0. The van der Waals surface area contributed by atoms with Crippen molar-refractivity contribution in [3.8, 4) is 0 Å². The van der Waals surface area contributed by atoms with Crippen LogP contribution in [0.1, 0.15) is 6.92 Å². The van der Waals surface area contributed by atoms with Crippen LogP contribution in [-0.4, -0.2) is 15.4 Å². The van der Waals surface area contributed by atoms with E-state index in [9.17, 15) is 4.79 Å². The number of rotatable bonds is 1. The van der Waals surface area contributed by atoms with Gasteiger partial charge in [0.15, 0.2) is 0 Å². The summed E-state index contributed by atoms with van der Waals surface area (Å²) < 4.78 is 0. The molecule has 0 bridgehead atoms. The van der Waals surface area contributed by atoms with Gasteiger partial charge in [-0.3, -0.25) is 4.79 Å². The smallest absolute Gasteiger partial charge is 0.207 e. The van der Waals surface area contributed by atoms with Gasteiger partial charge >= 0.3 is 0 Å². The molecule has 0 aliphatic heterocycles. The van der Waals surface area contributed by atoms with E-state index in [4.69, 9.17) is 0 Å². The van der Waals surface area contributed by atoms with Crippen molar-refractivity contribution in [3.05, 3.63) is 11.3 Å². The molecule has 0 aliphatic rings. The van der Waals surface area contributed by atoms with Crippen molar-refractivity contribution in [1.82, 2.24) is 0 Å². The molecule has 0 spiro atoms. The lowest BCUT2D eigenvalue weighted by atomic mass is 10.6. The van der Waals surface area contributed by atoms with Crippen LogP contribution in [0.4, 0.5) is 0 Å². The molecule has 3 radical (unpaired) electrons. The monoisotopic (exact) mass is 129 g/mol. The summed E-state index contributed by atoms with van der Waals surface area (Å²) in [6.45, 7) is 1.76. The maximum absolute atomic E-state index is 10.1. The van der Waals surface area contributed by atoms with Crippen molar-refractivity contribution in [3.63, 3.8) is 0 Å². The lowest BCUT2D eigenvalue weighted by Gasteiger charge is -1.83. The van der Waals surface area contributed by atoms with Crippen LogP contribution in [0.5, 0.6) is 0 Å². The van der Waals surface area contributed by atoms with Gasteiger partial charge in [-0.25, -0.2) is 0 Å². The average Bonchev–Trinajstić information content (AvgIpc) is 1.65. The molecule has 0 atom stereocenters. The number of carbonyl (C=O) groups excluding carboxylic acids is 1. The largest absolute Gasteiger partial charge is 0.283 e. The molecule has 37 valence electrons. The zero-order valence-electron chi connectivity index (χ0n) is 3.93. The first kappa shape index (κ1) is 6.98. The van der Waals surface area contributed by atoms with Gasteiger partial charge in [0.2, 0.25) is 5.12 Å². The van der Waals surface area contributed by atoms with E-state index in [0.717, 1.165) is 0 Å². The predicted octanol–water partition coefficient (Wildman–Crippen LogP) is 0.515. The third-order valence-electron chi connectivity index (χ3n) is 0.519. The van der Waals surface area contributed by atoms with E-state index in [2.05, 4.69) is 22.9 Å². The molecule has 0 saturated carbocycles. The zero-order valence-corrected chi connectivity index (χ0v) is 5.83. The second-order valence-electron chi connectivity index (χ2n) is 1.01. The van der Waals surface area contributed by atoms with E-state index in [1.54, 1.807) is 13.0 Å². The average molecular weight is 129 g/mol. The normalized spacial score (nSPS) is 11.6. The van der Waals surface area contributed by atoms with Crippen LogP contribution in [0, 0.1) is 0 Å². The fraction of sp³-hybridized carbons (Fsp3) is 0.250. The molecule has 0 aliphatic carbocycles. The van der Waals surface area contributed by atoms with Gasteiger partial charge in [-0.15, -0.1) is 12.6 Å². The molecule has 0 fully saturated rings. The topological polar surface area (TPSA) is 17.1 Å². The maximum Gasteiger partial charge on any atom is 0.207 e. The van der Waals surface area contributed by atoms with Crippen LogP contribution < -0.4 is 0 Å². The molecule has 0 rings (SSSR count). The van der Waals surface area contributed by atoms with Crippen molar-refractivity contribution < 1.29 is 4.79 Å². The summed E-state index contributed by atoms with van der Waals surface area (Å²) in [4.78, 5) is 10.1. The third kappa shape index (κ3) is 2.65. The van der Waals surface area contributed by atoms with E-state index in [1.165, 1.54) is 0 Å². The number of hydrogen-bond acceptors (Lipinski definition) is 1. The number of allylic oxidation sites excluding steroid dienone is 1. The van der Waals surface area contributed by atoms with Crippen molar-refractivity contribution in [2.45, 2.75) is 6.92 Å². The number of hydrogen-bond donors (Lipinski definition) is 1. The molecule has 0 aromatic carbocycles. The Morgan fingerprint density at radius 2 is 2.29 bits per heavy atom. The van der Waals surface area contributed by atoms with Crippen molar-refractivity contribution >= 4 is 28.0 Å². The Bertz CT molecular complexity index is 108. The van der Waals surface area contributed by atoms with Crippen LogP contribution in [0.3, 0.4) is 0 Å². The Labute approximate surface area is 51.6 Å². The van der Waals surface area contributed by atoms with E-state index in [-0.39, 0.29) is 5.12 Å². The van der Waals surface area contributed by atoms with E-state index in [1.807, 2.05) is 0 Å². The highest BCUT2D eigenvalue weighted by Gasteiger charge is 1.90. The van der Waals surface area contributed by atoms with Crippen molar-refractivity contribution in [1.29, 1.82) is 0 Å². The van der Waals surface area contributed by atoms with Crippen LogP contribution >= 0.6 is 12.6 Å². The van der Waals surface area contributed by atoms with Gasteiger partial charge in [-0.1, -0.05) is 6.08 Å². The summed E-state index contributed by atoms with van der Waals surface area (Å²) >= 11 is 3.52. The Morgan fingerprint density at radius 1 is 1.86 bits per heavy atom. The van der Waals surface area contributed by atoms with Crippen molar-refractivity contribution in [2.75, 3.05) is 0 Å². The summed E-state index contributed by atoms with van der Waals surface area (Å²) in [6.07, 6.45) is 1.65. The third-order valence-corrected chi connectivity index (χ3v) is 1.49. The molecule has 7 heavy (non-hydrogen) atoms. The van der Waals surface area contributed by atoms with Crippen LogP contribution in [0.15, 0.2) is 11.3 Å². The lowest BCUT2D eigenvalue weighted by Crippen LogP contribution is -1.89. The Morgan fingerprint density at radius 3 is 2.29 bits per heavy atom. The Hall–Kier alpha value is -0.0231. The molecule has 0 aromatic heterocycles. The zero-order chi connectivity index (χ0) is 5.86. The highest BCUT2D eigenvalue weighted by Crippen LogP contribution is 1.90. The predicted molar refractivity (Wildman–Crippen MR) is 33.5 cm³/mol. The minimum Gasteiger partial charge on any atom is -0.283 e. The highest BCUT2D eigenvalue weighted by molar-refractivity contribution is 7.97. The van der Waals surface area contributed by atoms with E-state index >= 15 is 0 Å². The molecule has 0 heterocycles. The Kier molecular flexibility index (Phi) is 3.03. The fourth-order valence-corrected chi connectivity index (χ4v) is 0.253. The van der Waals surface area contributed by atoms with Gasteiger partial charge in [-0.2, -0.15) is 0 Å². The second-order valence-corrected chi connectivity index (χ2v) is 1.95. The second kappa shape index (κ2) is 3.04. The van der Waals surface area contributed by atoms with Crippen LogP contribution in [-0.2, 0) is 4.79 Å². The molecular weight excluding hydrogens is 124 g/mol. The molecule has 1 nitrogen and oxygen atoms in total. The van der Waals surface area contributed by atoms with Gasteiger partial charge in [0.1, 0.15) is 0 Å². The summed E-state index contributed by atoms with van der Waals surface area (Å²) in [7, 11) is 3.02. The molecular formula is C4H5OSSi. The standard InChI is InChI=1S/C4H5OSSi/c1-2-3(7)4(5)6/h2H,1H3,(H,5,6)/b3-2-. The minimum absolute atomic E-state index is 0.237. The summed E-state index contributed by atoms with van der Waals surface area (Å²) in [5.41, 5.74) is 0. The summed E-state index contributed by atoms with van der Waals surface area (Å²) in [6, 6.07) is 0. The summed E-state index contributed by atoms with van der Waals surface area (Å²) in [5, 5.41) is 0.266. The van der Waals surface area contributed by atoms with Gasteiger partial charge < -0.3 is 0 Å². The van der Waals surface area contributed by atoms with Crippen LogP contribution in [0.2, 0.25) is 0 Å². The van der Waals surface area contributed by atoms with E-state index < -0.39 is 0 Å². The highest BCUT2D eigenvalue weighted by atomic mass is 32.1. The first-order valence-electron chi connectivity index (χ1n) is 1.79. The molecule has 3 heteroatoms. The van der Waals surface area contributed by atoms with Crippen molar-refractivity contribution in [2.24, 2.45) is 0 Å². The number of carbonyl (C=O) groups is 1. The molecule has 0 saturated heterocycles. The molecule has 0 amide bonds. The first-order valence-corrected chi connectivity index (χ1v) is 2.74. The van der Waals surface area contributed by atoms with Gasteiger partial charge in [0.05, 0.1) is 10.2 Å². The van der Waals surface area contributed by atoms with Gasteiger partial charge in [0, 0.05) is 0 Å². The SMILES string of the molecule is C/C=C(\[Si])C(=O)S. The molecule has 0 aromatic rings. The van der Waals surface area contributed by atoms with E-state index in [0.29, 0.717) is 5.20 Å². The first-order chi connectivity index (χ1) is 3.18. The Balaban J connectivity index is 3.82.